The maximum atomic E-state index is 13.8. The van der Waals surface area contributed by atoms with E-state index in [1.807, 2.05) is 0 Å². The second kappa shape index (κ2) is 8.60. The van der Waals surface area contributed by atoms with Gasteiger partial charge in [-0.1, -0.05) is 30.3 Å². The lowest BCUT2D eigenvalue weighted by molar-refractivity contribution is -0.123. The smallest absolute Gasteiger partial charge is 0.256 e. The van der Waals surface area contributed by atoms with Crippen LogP contribution in [0.25, 0.3) is 0 Å². The molecule has 2 atom stereocenters. The molecule has 7 heteroatoms. The van der Waals surface area contributed by atoms with Crippen molar-refractivity contribution in [2.24, 2.45) is 5.73 Å². The van der Waals surface area contributed by atoms with Crippen molar-refractivity contribution in [2.45, 2.75) is 19.0 Å². The van der Waals surface area contributed by atoms with Gasteiger partial charge in [-0.25, -0.2) is 8.78 Å². The normalized spacial score (nSPS) is 12.8. The van der Waals surface area contributed by atoms with Crippen LogP contribution in [-0.4, -0.2) is 21.7 Å². The molecule has 5 nitrogen and oxygen atoms in total. The highest BCUT2D eigenvalue weighted by Gasteiger charge is 2.35. The van der Waals surface area contributed by atoms with Crippen LogP contribution in [0.4, 0.5) is 8.78 Å². The summed E-state index contributed by atoms with van der Waals surface area (Å²) in [7, 11) is 0. The van der Waals surface area contributed by atoms with E-state index in [1.165, 1.54) is 17.3 Å². The van der Waals surface area contributed by atoms with E-state index in [-0.39, 0.29) is 11.1 Å². The summed E-state index contributed by atoms with van der Waals surface area (Å²) < 4.78 is 27.6. The Morgan fingerprint density at radius 1 is 0.966 bits per heavy atom. The van der Waals surface area contributed by atoms with Crippen molar-refractivity contribution < 1.29 is 18.4 Å². The molecule has 0 aliphatic heterocycles. The molecule has 1 aromatic heterocycles. The molecule has 1 heterocycles. The van der Waals surface area contributed by atoms with Crippen LogP contribution in [0.1, 0.15) is 40.5 Å². The predicted octanol–water partition coefficient (Wildman–Crippen LogP) is 3.79. The summed E-state index contributed by atoms with van der Waals surface area (Å²) in [6, 6.07) is 12.6. The van der Waals surface area contributed by atoms with Crippen LogP contribution in [0.5, 0.6) is 0 Å². The van der Waals surface area contributed by atoms with Gasteiger partial charge in [0.1, 0.15) is 17.7 Å². The number of carbonyl (C=O) groups excluding carboxylic acids is 2. The van der Waals surface area contributed by atoms with Crippen LogP contribution in [-0.2, 0) is 4.79 Å². The number of nitrogens with zero attached hydrogens (tertiary/aromatic N) is 2. The third-order valence-corrected chi connectivity index (χ3v) is 4.59. The minimum atomic E-state index is -1.15. The van der Waals surface area contributed by atoms with E-state index in [4.69, 9.17) is 5.73 Å². The van der Waals surface area contributed by atoms with Gasteiger partial charge in [-0.3, -0.25) is 14.6 Å². The molecule has 0 saturated heterocycles. The predicted molar refractivity (Wildman–Crippen MR) is 104 cm³/mol. The standard InChI is InChI=1S/C22H19F2N3O2/c1-14(17-10-18(23)12-19(24)11-17)27(22(29)16-8-5-9-26-13-16)20(21(25)28)15-6-3-2-4-7-15/h2-14,20H,1H3,(H2,25,28)/t14-,20+/m1/s1. The third-order valence-electron chi connectivity index (χ3n) is 4.59. The number of nitrogens with two attached hydrogens (primary N) is 1. The summed E-state index contributed by atoms with van der Waals surface area (Å²) in [5.74, 6) is -2.87. The highest BCUT2D eigenvalue weighted by molar-refractivity contribution is 5.97. The Bertz CT molecular complexity index is 993. The first-order valence-electron chi connectivity index (χ1n) is 8.91. The van der Waals surface area contributed by atoms with Crippen molar-refractivity contribution in [1.29, 1.82) is 0 Å². The van der Waals surface area contributed by atoms with Gasteiger partial charge in [-0.15, -0.1) is 0 Å². The SMILES string of the molecule is C[C@H](c1cc(F)cc(F)c1)N(C(=O)c1cccnc1)[C@H](C(N)=O)c1ccccc1. The van der Waals surface area contributed by atoms with Gasteiger partial charge in [0.25, 0.3) is 5.91 Å². The number of amides is 2. The Morgan fingerprint density at radius 3 is 2.17 bits per heavy atom. The van der Waals surface area contributed by atoms with Crippen LogP contribution < -0.4 is 5.73 Å². The maximum absolute atomic E-state index is 13.8. The number of carbonyl (C=O) groups is 2. The molecule has 2 amide bonds. The lowest BCUT2D eigenvalue weighted by atomic mass is 9.98. The molecule has 3 rings (SSSR count). The number of primary amides is 1. The summed E-state index contributed by atoms with van der Waals surface area (Å²) in [5, 5.41) is 0. The average molecular weight is 395 g/mol. The first kappa shape index (κ1) is 20.1. The molecule has 2 N–H and O–H groups in total. The highest BCUT2D eigenvalue weighted by Crippen LogP contribution is 2.33. The minimum absolute atomic E-state index is 0.196. The van der Waals surface area contributed by atoms with Crippen molar-refractivity contribution in [2.75, 3.05) is 0 Å². The summed E-state index contributed by atoms with van der Waals surface area (Å²) in [5.41, 5.74) is 6.57. The van der Waals surface area contributed by atoms with Gasteiger partial charge in [0.05, 0.1) is 11.6 Å². The molecule has 0 fully saturated rings. The number of hydrogen-bond donors (Lipinski definition) is 1. The first-order valence-corrected chi connectivity index (χ1v) is 8.91. The van der Waals surface area contributed by atoms with Crippen molar-refractivity contribution in [3.8, 4) is 0 Å². The van der Waals surface area contributed by atoms with Crippen LogP contribution in [0.15, 0.2) is 73.1 Å². The fourth-order valence-corrected chi connectivity index (χ4v) is 3.23. The molecule has 0 aliphatic carbocycles. The zero-order valence-corrected chi connectivity index (χ0v) is 15.6. The van der Waals surface area contributed by atoms with Gasteiger partial charge < -0.3 is 10.6 Å². The van der Waals surface area contributed by atoms with Gasteiger partial charge in [0.2, 0.25) is 5.91 Å². The second-order valence-electron chi connectivity index (χ2n) is 6.55. The van der Waals surface area contributed by atoms with Crippen LogP contribution in [0.2, 0.25) is 0 Å². The third kappa shape index (κ3) is 4.45. The number of halogens is 2. The molecule has 0 saturated carbocycles. The zero-order valence-electron chi connectivity index (χ0n) is 15.6. The quantitative estimate of drug-likeness (QED) is 0.690. The molecule has 148 valence electrons. The van der Waals surface area contributed by atoms with Crippen molar-refractivity contribution in [3.63, 3.8) is 0 Å². The van der Waals surface area contributed by atoms with Gasteiger partial charge >= 0.3 is 0 Å². The van der Waals surface area contributed by atoms with Crippen molar-refractivity contribution >= 4 is 11.8 Å². The molecule has 0 radical (unpaired) electrons. The molecule has 0 spiro atoms. The summed E-state index contributed by atoms with van der Waals surface area (Å²) in [6.45, 7) is 1.58. The van der Waals surface area contributed by atoms with Gasteiger partial charge in [-0.05, 0) is 42.3 Å². The Kier molecular flexibility index (Phi) is 5.97. The molecule has 0 unspecified atom stereocenters. The van der Waals surface area contributed by atoms with E-state index in [2.05, 4.69) is 4.98 Å². The minimum Gasteiger partial charge on any atom is -0.368 e. The monoisotopic (exact) mass is 395 g/mol. The summed E-state index contributed by atoms with van der Waals surface area (Å²) in [6.07, 6.45) is 2.87. The topological polar surface area (TPSA) is 76.3 Å². The molecular weight excluding hydrogens is 376 g/mol. The van der Waals surface area contributed by atoms with Crippen LogP contribution in [0, 0.1) is 11.6 Å². The number of hydrogen-bond acceptors (Lipinski definition) is 3. The number of aromatic nitrogens is 1. The fourth-order valence-electron chi connectivity index (χ4n) is 3.23. The number of rotatable bonds is 6. The Labute approximate surface area is 166 Å². The van der Waals surface area contributed by atoms with Gasteiger partial charge in [0.15, 0.2) is 0 Å². The molecule has 3 aromatic rings. The fraction of sp³-hybridized carbons (Fsp3) is 0.136. The second-order valence-corrected chi connectivity index (χ2v) is 6.55. The summed E-state index contributed by atoms with van der Waals surface area (Å²) in [4.78, 5) is 30.9. The van der Waals surface area contributed by atoms with Crippen molar-refractivity contribution in [3.05, 3.63) is 101 Å². The lowest BCUT2D eigenvalue weighted by Gasteiger charge is -2.35. The molecule has 0 aliphatic rings. The summed E-state index contributed by atoms with van der Waals surface area (Å²) >= 11 is 0. The maximum Gasteiger partial charge on any atom is 0.256 e. The zero-order chi connectivity index (χ0) is 21.0. The van der Waals surface area contributed by atoms with Crippen LogP contribution in [0.3, 0.4) is 0 Å². The van der Waals surface area contributed by atoms with E-state index < -0.39 is 35.5 Å². The highest BCUT2D eigenvalue weighted by atomic mass is 19.1. The van der Waals surface area contributed by atoms with Crippen LogP contribution >= 0.6 is 0 Å². The van der Waals surface area contributed by atoms with E-state index in [0.29, 0.717) is 5.56 Å². The Morgan fingerprint density at radius 2 is 1.62 bits per heavy atom. The average Bonchev–Trinajstić information content (AvgIpc) is 2.71. The Balaban J connectivity index is 2.15. The molecule has 29 heavy (non-hydrogen) atoms. The Hall–Kier alpha value is -3.61. The van der Waals surface area contributed by atoms with E-state index in [9.17, 15) is 18.4 Å². The first-order chi connectivity index (χ1) is 13.9. The lowest BCUT2D eigenvalue weighted by Crippen LogP contribution is -2.43. The molecule has 2 aromatic carbocycles. The van der Waals surface area contributed by atoms with Gasteiger partial charge in [-0.2, -0.15) is 0 Å². The molecular formula is C22H19F2N3O2. The number of pyridine rings is 1. The van der Waals surface area contributed by atoms with E-state index in [0.717, 1.165) is 18.2 Å². The number of benzene rings is 2. The van der Waals surface area contributed by atoms with Gasteiger partial charge in [0, 0.05) is 18.5 Å². The van der Waals surface area contributed by atoms with Crippen molar-refractivity contribution in [1.82, 2.24) is 9.88 Å². The largest absolute Gasteiger partial charge is 0.368 e. The molecule has 0 bridgehead atoms. The van der Waals surface area contributed by atoms with E-state index >= 15 is 0 Å². The van der Waals surface area contributed by atoms with E-state index in [1.54, 1.807) is 49.4 Å².